The van der Waals surface area contributed by atoms with E-state index < -0.39 is 6.10 Å². The molecule has 15 heavy (non-hydrogen) atoms. The summed E-state index contributed by atoms with van der Waals surface area (Å²) < 4.78 is 0.913. The summed E-state index contributed by atoms with van der Waals surface area (Å²) in [4.78, 5) is 0. The molecule has 1 radical (unpaired) electrons. The molecule has 1 atom stereocenters. The third-order valence-corrected chi connectivity index (χ3v) is 3.54. The number of fused-ring (bicyclic) bond motifs is 3. The van der Waals surface area contributed by atoms with Crippen molar-refractivity contribution in [2.75, 3.05) is 0 Å². The molecule has 3 rings (SSSR count). The van der Waals surface area contributed by atoms with Gasteiger partial charge in [-0.2, -0.15) is 0 Å². The van der Waals surface area contributed by atoms with Crippen molar-refractivity contribution in [1.82, 2.24) is 0 Å². The number of benzene rings is 2. The fourth-order valence-corrected chi connectivity index (χ4v) is 2.74. The number of hydrogen-bond donors (Lipinski definition) is 0. The highest BCUT2D eigenvalue weighted by molar-refractivity contribution is 9.10. The van der Waals surface area contributed by atoms with Crippen LogP contribution in [0.25, 0.3) is 11.1 Å². The second kappa shape index (κ2) is 3.19. The van der Waals surface area contributed by atoms with Gasteiger partial charge in [0.15, 0.2) is 0 Å². The average molecular weight is 260 g/mol. The minimum Gasteiger partial charge on any atom is -0.223 e. The molecule has 0 aromatic heterocycles. The van der Waals surface area contributed by atoms with Gasteiger partial charge in [0.1, 0.15) is 6.10 Å². The van der Waals surface area contributed by atoms with Crippen molar-refractivity contribution in [2.45, 2.75) is 6.10 Å². The normalized spacial score (nSPS) is 17.3. The molecule has 0 fully saturated rings. The van der Waals surface area contributed by atoms with Crippen LogP contribution in [0, 0.1) is 0 Å². The van der Waals surface area contributed by atoms with Gasteiger partial charge in [-0.05, 0) is 22.8 Å². The lowest BCUT2D eigenvalue weighted by Crippen LogP contribution is -1.92. The first-order valence-corrected chi connectivity index (χ1v) is 5.62. The molecular weight excluding hydrogens is 252 g/mol. The van der Waals surface area contributed by atoms with Crippen molar-refractivity contribution >= 4 is 15.9 Å². The second-order valence-corrected chi connectivity index (χ2v) is 4.52. The lowest BCUT2D eigenvalue weighted by atomic mass is 10.1. The van der Waals surface area contributed by atoms with E-state index in [-0.39, 0.29) is 0 Å². The van der Waals surface area contributed by atoms with Gasteiger partial charge < -0.3 is 0 Å². The third-order valence-electron chi connectivity index (χ3n) is 2.85. The van der Waals surface area contributed by atoms with Crippen LogP contribution in [0.4, 0.5) is 0 Å². The Morgan fingerprint density at radius 2 is 1.67 bits per heavy atom. The molecule has 0 bridgehead atoms. The Labute approximate surface area is 96.5 Å². The summed E-state index contributed by atoms with van der Waals surface area (Å²) in [7, 11) is 0. The first kappa shape index (κ1) is 9.13. The lowest BCUT2D eigenvalue weighted by Gasteiger charge is -2.04. The van der Waals surface area contributed by atoms with E-state index in [2.05, 4.69) is 15.9 Å². The van der Waals surface area contributed by atoms with Crippen molar-refractivity contribution < 1.29 is 5.11 Å². The molecule has 0 aliphatic heterocycles. The van der Waals surface area contributed by atoms with Crippen molar-refractivity contribution in [3.63, 3.8) is 0 Å². The molecule has 0 heterocycles. The Morgan fingerprint density at radius 1 is 0.933 bits per heavy atom. The van der Waals surface area contributed by atoms with Gasteiger partial charge in [0, 0.05) is 10.0 Å². The molecule has 2 aromatic carbocycles. The Hall–Kier alpha value is -1.12. The molecule has 73 valence electrons. The van der Waals surface area contributed by atoms with E-state index in [1.807, 2.05) is 42.5 Å². The lowest BCUT2D eigenvalue weighted by molar-refractivity contribution is 0.128. The van der Waals surface area contributed by atoms with Gasteiger partial charge in [-0.25, -0.2) is 5.11 Å². The molecule has 2 heteroatoms. The molecule has 0 amide bonds. The largest absolute Gasteiger partial charge is 0.223 e. The highest BCUT2D eigenvalue weighted by Crippen LogP contribution is 2.46. The first-order chi connectivity index (χ1) is 7.29. The van der Waals surface area contributed by atoms with E-state index in [0.29, 0.717) is 0 Å². The van der Waals surface area contributed by atoms with Gasteiger partial charge in [0.2, 0.25) is 0 Å². The van der Waals surface area contributed by atoms with Crippen LogP contribution >= 0.6 is 15.9 Å². The summed E-state index contributed by atoms with van der Waals surface area (Å²) in [6, 6.07) is 13.7. The fraction of sp³-hybridized carbons (Fsp3) is 0.0769. The zero-order valence-corrected chi connectivity index (χ0v) is 9.49. The Morgan fingerprint density at radius 3 is 2.53 bits per heavy atom. The zero-order valence-electron chi connectivity index (χ0n) is 7.91. The zero-order chi connectivity index (χ0) is 10.4. The van der Waals surface area contributed by atoms with E-state index in [1.165, 1.54) is 0 Å². The minimum absolute atomic E-state index is 0.744. The monoisotopic (exact) mass is 259 g/mol. The molecule has 2 aromatic rings. The second-order valence-electron chi connectivity index (χ2n) is 3.67. The van der Waals surface area contributed by atoms with Crippen LogP contribution in [0.2, 0.25) is 0 Å². The molecule has 1 unspecified atom stereocenters. The maximum absolute atomic E-state index is 12.2. The molecule has 0 spiro atoms. The third kappa shape index (κ3) is 1.18. The van der Waals surface area contributed by atoms with Crippen molar-refractivity contribution in [2.24, 2.45) is 0 Å². The van der Waals surface area contributed by atoms with E-state index in [9.17, 15) is 5.11 Å². The summed E-state index contributed by atoms with van der Waals surface area (Å²) in [5.41, 5.74) is 3.91. The standard InChI is InChI=1S/C13H8BrO/c14-11-7-3-6-9-8-4-1-2-5-10(8)13(15)12(9)11/h1-7,13H. The number of hydrogen-bond acceptors (Lipinski definition) is 0. The molecule has 1 aliphatic rings. The van der Waals surface area contributed by atoms with Crippen LogP contribution in [-0.4, -0.2) is 0 Å². The van der Waals surface area contributed by atoms with Gasteiger partial charge in [-0.15, -0.1) is 0 Å². The van der Waals surface area contributed by atoms with Crippen LogP contribution in [0.1, 0.15) is 17.2 Å². The Bertz CT molecular complexity index is 534. The molecule has 1 aliphatic carbocycles. The van der Waals surface area contributed by atoms with Crippen LogP contribution in [0.3, 0.4) is 0 Å². The SMILES string of the molecule is [O]C1c2ccccc2-c2cccc(Br)c21. The van der Waals surface area contributed by atoms with E-state index >= 15 is 0 Å². The van der Waals surface area contributed by atoms with Crippen LogP contribution in [0.5, 0.6) is 0 Å². The summed E-state index contributed by atoms with van der Waals surface area (Å²) in [5.74, 6) is 0. The highest BCUT2D eigenvalue weighted by Gasteiger charge is 2.29. The summed E-state index contributed by atoms with van der Waals surface area (Å²) in [6.07, 6.45) is -0.744. The van der Waals surface area contributed by atoms with Gasteiger partial charge in [-0.1, -0.05) is 52.3 Å². The molecule has 0 saturated heterocycles. The summed E-state index contributed by atoms with van der Waals surface area (Å²) >= 11 is 3.45. The smallest absolute Gasteiger partial charge is 0.145 e. The highest BCUT2D eigenvalue weighted by atomic mass is 79.9. The van der Waals surface area contributed by atoms with Gasteiger partial charge in [0.25, 0.3) is 0 Å². The van der Waals surface area contributed by atoms with Gasteiger partial charge >= 0.3 is 0 Å². The Balaban J connectivity index is 2.37. The predicted molar refractivity (Wildman–Crippen MR) is 62.1 cm³/mol. The van der Waals surface area contributed by atoms with E-state index in [1.54, 1.807) is 0 Å². The van der Waals surface area contributed by atoms with E-state index in [0.717, 1.165) is 26.7 Å². The molecular formula is C13H8BrO. The maximum atomic E-state index is 12.2. The average Bonchev–Trinajstić information content (AvgIpc) is 2.55. The quantitative estimate of drug-likeness (QED) is 0.683. The Kier molecular flexibility index (Phi) is 1.94. The molecule has 1 nitrogen and oxygen atoms in total. The topological polar surface area (TPSA) is 19.9 Å². The number of rotatable bonds is 0. The van der Waals surface area contributed by atoms with Crippen molar-refractivity contribution in [3.05, 3.63) is 58.1 Å². The van der Waals surface area contributed by atoms with Gasteiger partial charge in [-0.3, -0.25) is 0 Å². The number of halogens is 1. The summed E-state index contributed by atoms with van der Waals surface area (Å²) in [6.45, 7) is 0. The van der Waals surface area contributed by atoms with Crippen LogP contribution in [0.15, 0.2) is 46.9 Å². The fourth-order valence-electron chi connectivity index (χ4n) is 2.16. The predicted octanol–water partition coefficient (Wildman–Crippen LogP) is 3.95. The minimum atomic E-state index is -0.744. The van der Waals surface area contributed by atoms with Gasteiger partial charge in [0.05, 0.1) is 0 Å². The van der Waals surface area contributed by atoms with Crippen molar-refractivity contribution in [1.29, 1.82) is 0 Å². The maximum Gasteiger partial charge on any atom is 0.145 e. The molecule has 0 N–H and O–H groups in total. The van der Waals surface area contributed by atoms with Crippen molar-refractivity contribution in [3.8, 4) is 11.1 Å². The van der Waals surface area contributed by atoms with Crippen LogP contribution in [-0.2, 0) is 5.11 Å². The summed E-state index contributed by atoms with van der Waals surface area (Å²) in [5, 5.41) is 12.2. The first-order valence-electron chi connectivity index (χ1n) is 4.82. The van der Waals surface area contributed by atoms with Crippen LogP contribution < -0.4 is 0 Å². The van der Waals surface area contributed by atoms with E-state index in [4.69, 9.17) is 0 Å². The molecule has 0 saturated carbocycles.